The molecule has 76 heavy (non-hydrogen) atoms. The fraction of sp³-hybridized carbons (Fsp3) is 0.224. The lowest BCUT2D eigenvalue weighted by Gasteiger charge is -2.19. The smallest absolute Gasteiger partial charge is 0.487 e. The third-order valence-electron chi connectivity index (χ3n) is 11.2. The number of rotatable bonds is 17. The number of hydrogen-bond acceptors (Lipinski definition) is 8. The molecule has 0 radical (unpaired) electrons. The molecule has 27 heteroatoms. The van der Waals surface area contributed by atoms with E-state index in [-0.39, 0.29) is 27.6 Å². The van der Waals surface area contributed by atoms with E-state index in [9.17, 15) is 73.9 Å². The van der Waals surface area contributed by atoms with Crippen molar-refractivity contribution in [1.29, 1.82) is 0 Å². The molecule has 0 amide bonds. The number of primary sulfonamides is 1. The molecule has 0 aliphatic carbocycles. The highest BCUT2D eigenvalue weighted by molar-refractivity contribution is 7.93. The maximum Gasteiger partial charge on any atom is 0.516 e. The van der Waals surface area contributed by atoms with Gasteiger partial charge in [0.25, 0.3) is 0 Å². The molecule has 0 spiro atoms. The predicted octanol–water partition coefficient (Wildman–Crippen LogP) is 12.1. The van der Waals surface area contributed by atoms with Gasteiger partial charge in [0.2, 0.25) is 10.0 Å². The minimum absolute atomic E-state index is 0.0126. The number of imidazole rings is 2. The Hall–Kier alpha value is -7.39. The van der Waals surface area contributed by atoms with Crippen molar-refractivity contribution in [3.8, 4) is 33.8 Å². The molecule has 0 fully saturated rings. The lowest BCUT2D eigenvalue weighted by Crippen LogP contribution is -2.41. The van der Waals surface area contributed by atoms with E-state index in [1.165, 1.54) is 60.7 Å². The molecule has 0 atom stereocenters. The van der Waals surface area contributed by atoms with Crippen molar-refractivity contribution in [3.63, 3.8) is 0 Å². The summed E-state index contributed by atoms with van der Waals surface area (Å²) in [6, 6.07) is 33.5. The van der Waals surface area contributed by atoms with Gasteiger partial charge in [0, 0.05) is 24.0 Å². The summed E-state index contributed by atoms with van der Waals surface area (Å²) in [5, 5.41) is 5.33. The summed E-state index contributed by atoms with van der Waals surface area (Å²) in [5.41, 5.74) is -0.0178. The molecule has 2 aromatic heterocycles. The van der Waals surface area contributed by atoms with Gasteiger partial charge in [-0.1, -0.05) is 72.8 Å². The molecule has 8 rings (SSSR count). The van der Waals surface area contributed by atoms with E-state index in [0.29, 0.717) is 76.1 Å². The number of fused-ring (bicyclic) bond motifs is 2. The summed E-state index contributed by atoms with van der Waals surface area (Å²) in [5.74, 6) is -8.96. The number of ether oxygens (including phenoxy) is 2. The first-order chi connectivity index (χ1) is 35.4. The van der Waals surface area contributed by atoms with Crippen LogP contribution < -0.4 is 19.3 Å². The number of hydrogen-bond donors (Lipinski definition) is 4. The number of aryl methyl sites for hydroxylation is 4. The number of alkyl halides is 13. The molecule has 0 aliphatic rings. The highest BCUT2D eigenvalue weighted by Crippen LogP contribution is 2.38. The van der Waals surface area contributed by atoms with Crippen LogP contribution in [-0.2, 0) is 45.7 Å². The third kappa shape index (κ3) is 13.7. The van der Waals surface area contributed by atoms with E-state index < -0.39 is 63.0 Å². The van der Waals surface area contributed by atoms with E-state index in [1.54, 1.807) is 77.5 Å². The summed E-state index contributed by atoms with van der Waals surface area (Å²) in [4.78, 5) is 15.2. The Morgan fingerprint density at radius 1 is 0.500 bits per heavy atom. The van der Waals surface area contributed by atoms with Crippen LogP contribution in [0.5, 0.6) is 11.5 Å². The van der Waals surface area contributed by atoms with Crippen LogP contribution in [0.2, 0.25) is 0 Å². The summed E-state index contributed by atoms with van der Waals surface area (Å²) >= 11 is 0. The van der Waals surface area contributed by atoms with Crippen LogP contribution in [0.4, 0.5) is 62.8 Å². The van der Waals surface area contributed by atoms with Gasteiger partial charge in [0.15, 0.2) is 13.2 Å². The number of sulfonamides is 2. The van der Waals surface area contributed by atoms with E-state index in [1.807, 2.05) is 0 Å². The van der Waals surface area contributed by atoms with Crippen LogP contribution in [0.1, 0.15) is 22.8 Å². The number of nitrogens with two attached hydrogens (primary N) is 1. The number of nitrogens with zero attached hydrogens (tertiary/aromatic N) is 2. The van der Waals surface area contributed by atoms with Gasteiger partial charge in [-0.05, 0) is 95.8 Å². The first-order valence-electron chi connectivity index (χ1n) is 22.0. The highest BCUT2D eigenvalue weighted by Gasteiger charge is 2.59. The summed E-state index contributed by atoms with van der Waals surface area (Å²) in [6.07, 6.45) is -9.57. The van der Waals surface area contributed by atoms with Crippen LogP contribution in [0.15, 0.2) is 138 Å². The van der Waals surface area contributed by atoms with Gasteiger partial charge in [0.05, 0.1) is 32.6 Å². The molecule has 0 saturated heterocycles. The lowest BCUT2D eigenvalue weighted by atomic mass is 10.0. The Morgan fingerprint density at radius 2 is 0.908 bits per heavy atom. The molecular formula is C49H39F13N6O6S2. The van der Waals surface area contributed by atoms with Crippen molar-refractivity contribution < 1.29 is 83.4 Å². The van der Waals surface area contributed by atoms with Gasteiger partial charge >= 0.3 is 39.7 Å². The highest BCUT2D eigenvalue weighted by atomic mass is 32.2. The van der Waals surface area contributed by atoms with Crippen molar-refractivity contribution >= 4 is 47.8 Å². The van der Waals surface area contributed by atoms with Gasteiger partial charge in [-0.25, -0.2) is 23.5 Å². The Morgan fingerprint density at radius 3 is 1.33 bits per heavy atom. The first kappa shape index (κ1) is 56.3. The van der Waals surface area contributed by atoms with E-state index in [0.717, 1.165) is 11.1 Å². The molecule has 0 saturated carbocycles. The Labute approximate surface area is 423 Å². The molecule has 2 heterocycles. The zero-order valence-electron chi connectivity index (χ0n) is 38.6. The summed E-state index contributed by atoms with van der Waals surface area (Å²) < 4.78 is 222. The number of halogens is 13. The molecule has 5 N–H and O–H groups in total. The van der Waals surface area contributed by atoms with Gasteiger partial charge in [-0.2, -0.15) is 65.5 Å². The van der Waals surface area contributed by atoms with E-state index >= 15 is 0 Å². The van der Waals surface area contributed by atoms with Crippen molar-refractivity contribution in [3.05, 3.63) is 156 Å². The fourth-order valence-electron chi connectivity index (χ4n) is 7.22. The Bertz CT molecular complexity index is 3550. The molecular weight excluding hydrogens is 1080 g/mol. The SMILES string of the molecule is NS(=O)(=O)c1ccccc1-c1ccc2nc(CCc3ccc(OCC(F)(F)C(F)(F)F)cc3)[nH]c2c1.O=S(=O)(Nc1ccccc1-c1ccc2nc(CCc3ccc(OCC(F)(F)C(F)(F)F)cc3)[nH]c2c1)C(F)(F)F. The van der Waals surface area contributed by atoms with Crippen LogP contribution in [0, 0.1) is 0 Å². The zero-order chi connectivity index (χ0) is 55.5. The Balaban J connectivity index is 0.000000222. The summed E-state index contributed by atoms with van der Waals surface area (Å²) in [6.45, 7) is -3.63. The van der Waals surface area contributed by atoms with Gasteiger partial charge in [-0.15, -0.1) is 0 Å². The molecule has 0 aliphatic heterocycles. The molecule has 0 bridgehead atoms. The molecule has 404 valence electrons. The molecule has 8 aromatic rings. The zero-order valence-corrected chi connectivity index (χ0v) is 40.2. The van der Waals surface area contributed by atoms with Crippen molar-refractivity contribution in [2.75, 3.05) is 17.9 Å². The summed E-state index contributed by atoms with van der Waals surface area (Å²) in [7, 11) is -9.54. The standard InChI is InChI=1S/C25H19F8N3O3S.C24H20F5N3O3S/c26-23(27,24(28,29)30)14-39-17-9-5-15(6-10-17)7-12-22-34-20-11-8-16(13-21(20)35-22)18-3-1-2-4-19(18)36-40(37,38)25(31,32)33;25-23(26,24(27,28)29)14-35-17-9-5-15(6-10-17)7-12-22-31-19-11-8-16(13-20(19)32-22)18-3-1-2-4-21(18)36(30,33)34/h1-6,8-11,13,36H,7,12,14H2,(H,34,35);1-6,8-11,13H,7,12,14H2,(H,31,32)(H2,30,33,34). The second-order valence-corrected chi connectivity index (χ2v) is 19.9. The van der Waals surface area contributed by atoms with Crippen LogP contribution >= 0.6 is 0 Å². The van der Waals surface area contributed by atoms with Crippen molar-refractivity contribution in [1.82, 2.24) is 19.9 Å². The largest absolute Gasteiger partial charge is 0.516 e. The number of benzene rings is 6. The molecule has 12 nitrogen and oxygen atoms in total. The minimum atomic E-state index is -5.71. The van der Waals surface area contributed by atoms with Gasteiger partial charge in [-0.3, -0.25) is 4.72 Å². The van der Waals surface area contributed by atoms with Gasteiger partial charge < -0.3 is 19.4 Å². The van der Waals surface area contributed by atoms with Crippen LogP contribution in [-0.4, -0.2) is 79.7 Å². The molecule has 0 unspecified atom stereocenters. The van der Waals surface area contributed by atoms with Gasteiger partial charge in [0.1, 0.15) is 23.1 Å². The predicted molar refractivity (Wildman–Crippen MR) is 254 cm³/mol. The van der Waals surface area contributed by atoms with Crippen LogP contribution in [0.3, 0.4) is 0 Å². The van der Waals surface area contributed by atoms with Crippen LogP contribution in [0.25, 0.3) is 44.3 Å². The number of aromatic amines is 2. The topological polar surface area (TPSA) is 182 Å². The van der Waals surface area contributed by atoms with Crippen molar-refractivity contribution in [2.45, 2.75) is 60.3 Å². The number of H-pyrrole nitrogens is 2. The Kier molecular flexibility index (Phi) is 16.1. The first-order valence-corrected chi connectivity index (χ1v) is 25.0. The van der Waals surface area contributed by atoms with E-state index in [2.05, 4.69) is 29.4 Å². The van der Waals surface area contributed by atoms with Crippen molar-refractivity contribution in [2.24, 2.45) is 5.14 Å². The number of nitrogens with one attached hydrogen (secondary N) is 3. The monoisotopic (exact) mass is 1120 g/mol. The quantitative estimate of drug-likeness (QED) is 0.0650. The fourth-order valence-corrected chi connectivity index (χ4v) is 8.56. The number of anilines is 1. The van der Waals surface area contributed by atoms with E-state index in [4.69, 9.17) is 5.14 Å². The number of aromatic nitrogens is 4. The minimum Gasteiger partial charge on any atom is -0.487 e. The second-order valence-electron chi connectivity index (χ2n) is 16.7. The number of para-hydroxylation sites is 1. The molecule has 6 aromatic carbocycles. The second kappa shape index (κ2) is 21.7. The lowest BCUT2D eigenvalue weighted by molar-refractivity contribution is -0.290. The maximum atomic E-state index is 13.0. The third-order valence-corrected chi connectivity index (χ3v) is 13.2. The normalized spacial score (nSPS) is 12.9. The maximum absolute atomic E-state index is 13.0. The average molecular weight is 1120 g/mol. The average Bonchev–Trinajstić information content (AvgIpc) is 3.96.